The Morgan fingerprint density at radius 1 is 1.42 bits per heavy atom. The van der Waals surface area contributed by atoms with Gasteiger partial charge in [-0.25, -0.2) is 0 Å². The van der Waals surface area contributed by atoms with Gasteiger partial charge in [-0.2, -0.15) is 0 Å². The van der Waals surface area contributed by atoms with Crippen molar-refractivity contribution in [1.82, 2.24) is 5.32 Å². The molecule has 0 fully saturated rings. The van der Waals surface area contributed by atoms with E-state index < -0.39 is 0 Å². The summed E-state index contributed by atoms with van der Waals surface area (Å²) in [6.45, 7) is 0.595. The Hall–Kier alpha value is -2.01. The molecule has 0 aliphatic carbocycles. The number of anilines is 1. The smallest absolute Gasteiger partial charge is 0.255 e. The number of carbonyl (C=O) groups excluding carboxylic acids is 1. The highest BCUT2D eigenvalue weighted by Crippen LogP contribution is 2.20. The molecule has 0 bridgehead atoms. The van der Waals surface area contributed by atoms with Gasteiger partial charge in [0.1, 0.15) is 5.75 Å². The molecule has 0 unspecified atom stereocenters. The number of rotatable bonds is 5. The topological polar surface area (TPSA) is 64.3 Å². The minimum Gasteiger partial charge on any atom is -0.496 e. The maximum absolute atomic E-state index is 12.1. The molecule has 0 aliphatic rings. The van der Waals surface area contributed by atoms with E-state index in [0.717, 1.165) is 6.42 Å². The summed E-state index contributed by atoms with van der Waals surface area (Å²) in [4.78, 5) is 13.3. The number of nitrogens with one attached hydrogen (secondary N) is 1. The Morgan fingerprint density at radius 2 is 2.26 bits per heavy atom. The van der Waals surface area contributed by atoms with E-state index >= 15 is 0 Å². The van der Waals surface area contributed by atoms with Crippen molar-refractivity contribution in [2.24, 2.45) is 0 Å². The van der Waals surface area contributed by atoms with Gasteiger partial charge in [-0.15, -0.1) is 11.3 Å². The lowest BCUT2D eigenvalue weighted by molar-refractivity contribution is 0.0951. The molecule has 0 spiro atoms. The summed E-state index contributed by atoms with van der Waals surface area (Å²) in [6.07, 6.45) is 0.827. The molecule has 0 aliphatic heterocycles. The zero-order chi connectivity index (χ0) is 13.7. The molecule has 2 aromatic rings. The number of ether oxygens (including phenoxy) is 1. The van der Waals surface area contributed by atoms with Gasteiger partial charge >= 0.3 is 0 Å². The first-order chi connectivity index (χ1) is 9.20. The molecular weight excluding hydrogens is 260 g/mol. The van der Waals surface area contributed by atoms with Crippen molar-refractivity contribution in [3.05, 3.63) is 46.2 Å². The maximum atomic E-state index is 12.1. The van der Waals surface area contributed by atoms with Gasteiger partial charge in [-0.1, -0.05) is 6.07 Å². The Balaban J connectivity index is 1.97. The molecule has 100 valence electrons. The van der Waals surface area contributed by atoms with Gasteiger partial charge < -0.3 is 15.8 Å². The number of nitrogens with two attached hydrogens (primary N) is 1. The molecule has 5 heteroatoms. The van der Waals surface area contributed by atoms with Crippen molar-refractivity contribution in [3.8, 4) is 5.75 Å². The number of hydrogen-bond donors (Lipinski definition) is 2. The maximum Gasteiger partial charge on any atom is 0.255 e. The molecule has 0 saturated carbocycles. The van der Waals surface area contributed by atoms with Crippen LogP contribution in [0.5, 0.6) is 5.75 Å². The Kier molecular flexibility index (Phi) is 4.41. The van der Waals surface area contributed by atoms with E-state index in [-0.39, 0.29) is 5.91 Å². The van der Waals surface area contributed by atoms with Crippen molar-refractivity contribution in [2.75, 3.05) is 19.4 Å². The molecule has 0 radical (unpaired) electrons. The highest BCUT2D eigenvalue weighted by atomic mass is 32.1. The molecular formula is C14H16N2O2S. The van der Waals surface area contributed by atoms with Crippen molar-refractivity contribution in [1.29, 1.82) is 0 Å². The summed E-state index contributed by atoms with van der Waals surface area (Å²) in [5, 5.41) is 4.90. The van der Waals surface area contributed by atoms with Crippen LogP contribution in [0, 0.1) is 0 Å². The zero-order valence-corrected chi connectivity index (χ0v) is 11.5. The van der Waals surface area contributed by atoms with Gasteiger partial charge in [0.2, 0.25) is 0 Å². The molecule has 1 amide bonds. The lowest BCUT2D eigenvalue weighted by atomic mass is 10.1. The first kappa shape index (κ1) is 13.4. The summed E-state index contributed by atoms with van der Waals surface area (Å²) in [6, 6.07) is 9.09. The summed E-state index contributed by atoms with van der Waals surface area (Å²) < 4.78 is 5.16. The monoisotopic (exact) mass is 276 g/mol. The third kappa shape index (κ3) is 3.48. The van der Waals surface area contributed by atoms with Crippen LogP contribution in [0.15, 0.2) is 35.7 Å². The van der Waals surface area contributed by atoms with Crippen LogP contribution in [0.3, 0.4) is 0 Å². The fourth-order valence-electron chi connectivity index (χ4n) is 1.75. The summed E-state index contributed by atoms with van der Waals surface area (Å²) >= 11 is 1.68. The highest BCUT2D eigenvalue weighted by Gasteiger charge is 2.12. The first-order valence-corrected chi connectivity index (χ1v) is 6.83. The van der Waals surface area contributed by atoms with Crippen molar-refractivity contribution in [2.45, 2.75) is 6.42 Å². The SMILES string of the molecule is COc1ccc(N)cc1C(=O)NCCc1cccs1. The average Bonchev–Trinajstić information content (AvgIpc) is 2.91. The molecule has 3 N–H and O–H groups in total. The van der Waals surface area contributed by atoms with Gasteiger partial charge in [-0.3, -0.25) is 4.79 Å². The second-order valence-electron chi connectivity index (χ2n) is 4.04. The molecule has 2 rings (SSSR count). The lowest BCUT2D eigenvalue weighted by Gasteiger charge is -2.09. The number of nitrogen functional groups attached to an aromatic ring is 1. The Morgan fingerprint density at radius 3 is 2.95 bits per heavy atom. The summed E-state index contributed by atoms with van der Waals surface area (Å²) in [5.74, 6) is 0.364. The number of benzene rings is 1. The van der Waals surface area contributed by atoms with Crippen LogP contribution >= 0.6 is 11.3 Å². The number of methoxy groups -OCH3 is 1. The minimum absolute atomic E-state index is 0.166. The predicted octanol–water partition coefficient (Wildman–Crippen LogP) is 2.31. The van der Waals surface area contributed by atoms with Gasteiger partial charge in [-0.05, 0) is 36.1 Å². The normalized spacial score (nSPS) is 10.2. The van der Waals surface area contributed by atoms with Crippen molar-refractivity contribution >= 4 is 22.9 Å². The second-order valence-corrected chi connectivity index (χ2v) is 5.08. The van der Waals surface area contributed by atoms with E-state index in [0.29, 0.717) is 23.5 Å². The predicted molar refractivity (Wildman–Crippen MR) is 77.8 cm³/mol. The molecule has 1 heterocycles. The average molecular weight is 276 g/mol. The van der Waals surface area contributed by atoms with Crippen LogP contribution in [0.25, 0.3) is 0 Å². The minimum atomic E-state index is -0.166. The van der Waals surface area contributed by atoms with Crippen LogP contribution in [0.4, 0.5) is 5.69 Å². The number of carbonyl (C=O) groups is 1. The number of thiophene rings is 1. The molecule has 0 atom stereocenters. The van der Waals surface area contributed by atoms with E-state index in [1.54, 1.807) is 29.5 Å². The van der Waals surface area contributed by atoms with Crippen LogP contribution in [0.2, 0.25) is 0 Å². The molecule has 1 aromatic heterocycles. The standard InChI is InChI=1S/C14H16N2O2S/c1-18-13-5-4-10(15)9-12(13)14(17)16-7-6-11-3-2-8-19-11/h2-5,8-9H,6-7,15H2,1H3,(H,16,17). The van der Waals surface area contributed by atoms with Gasteiger partial charge in [0.05, 0.1) is 12.7 Å². The largest absolute Gasteiger partial charge is 0.496 e. The van der Waals surface area contributed by atoms with Crippen molar-refractivity contribution < 1.29 is 9.53 Å². The van der Waals surface area contributed by atoms with E-state index in [9.17, 15) is 4.79 Å². The Bertz CT molecular complexity index is 553. The zero-order valence-electron chi connectivity index (χ0n) is 10.7. The van der Waals surface area contributed by atoms with Gasteiger partial charge in [0.25, 0.3) is 5.91 Å². The summed E-state index contributed by atoms with van der Waals surface area (Å²) in [7, 11) is 1.54. The highest BCUT2D eigenvalue weighted by molar-refractivity contribution is 7.09. The quantitative estimate of drug-likeness (QED) is 0.824. The van der Waals surface area contributed by atoms with E-state index in [1.165, 1.54) is 12.0 Å². The third-order valence-electron chi connectivity index (χ3n) is 2.71. The van der Waals surface area contributed by atoms with Crippen LogP contribution < -0.4 is 15.8 Å². The van der Waals surface area contributed by atoms with Crippen LogP contribution in [0.1, 0.15) is 15.2 Å². The fourth-order valence-corrected chi connectivity index (χ4v) is 2.46. The van der Waals surface area contributed by atoms with E-state index in [4.69, 9.17) is 10.5 Å². The van der Waals surface area contributed by atoms with Gasteiger partial charge in [0.15, 0.2) is 0 Å². The summed E-state index contributed by atoms with van der Waals surface area (Å²) in [5.41, 5.74) is 6.70. The lowest BCUT2D eigenvalue weighted by Crippen LogP contribution is -2.26. The number of amides is 1. The van der Waals surface area contributed by atoms with Crippen molar-refractivity contribution in [3.63, 3.8) is 0 Å². The third-order valence-corrected chi connectivity index (χ3v) is 3.64. The van der Waals surface area contributed by atoms with E-state index in [2.05, 4.69) is 11.4 Å². The van der Waals surface area contributed by atoms with Gasteiger partial charge in [0, 0.05) is 17.1 Å². The number of hydrogen-bond acceptors (Lipinski definition) is 4. The molecule has 0 saturated heterocycles. The molecule has 4 nitrogen and oxygen atoms in total. The molecule has 1 aromatic carbocycles. The second kappa shape index (κ2) is 6.24. The molecule has 19 heavy (non-hydrogen) atoms. The van der Waals surface area contributed by atoms with E-state index in [1.807, 2.05) is 11.4 Å². The fraction of sp³-hybridized carbons (Fsp3) is 0.214. The first-order valence-electron chi connectivity index (χ1n) is 5.95. The Labute approximate surface area is 116 Å². The van der Waals surface area contributed by atoms with Crippen LogP contribution in [-0.4, -0.2) is 19.6 Å². The van der Waals surface area contributed by atoms with Crippen LogP contribution in [-0.2, 0) is 6.42 Å².